The zero-order valence-corrected chi connectivity index (χ0v) is 53.6. The molecule has 0 aliphatic carbocycles. The summed E-state index contributed by atoms with van der Waals surface area (Å²) in [5.74, 6) is -0.853. The van der Waals surface area contributed by atoms with Crippen molar-refractivity contribution in [2.45, 2.75) is 380 Å². The number of esters is 3. The van der Waals surface area contributed by atoms with Gasteiger partial charge < -0.3 is 14.2 Å². The molecule has 6 heteroatoms. The molecule has 0 amide bonds. The highest BCUT2D eigenvalue weighted by Crippen LogP contribution is 2.18. The van der Waals surface area contributed by atoms with Crippen molar-refractivity contribution < 1.29 is 28.6 Å². The van der Waals surface area contributed by atoms with Crippen molar-refractivity contribution in [3.63, 3.8) is 0 Å². The second-order valence-electron chi connectivity index (χ2n) is 23.8. The fraction of sp³-hybridized carbons (Fsp3) is 0.824. The second-order valence-corrected chi connectivity index (χ2v) is 23.8. The van der Waals surface area contributed by atoms with Gasteiger partial charge in [0.25, 0.3) is 0 Å². The highest BCUT2D eigenvalue weighted by Gasteiger charge is 2.19. The van der Waals surface area contributed by atoms with Gasteiger partial charge in [-0.25, -0.2) is 0 Å². The quantitative estimate of drug-likeness (QED) is 0.0261. The SMILES string of the molecule is CCCCCCC/C=C\C/C=C\C/C=C\CCCCCCCCCCCCCCC(=O)OCC(COC(=O)CCCCCCCCCCCC)OC(=O)CCCCCCCCCCCCCCC/C=C\C/C=C\CCCCCCC. The second kappa shape index (κ2) is 68.6. The smallest absolute Gasteiger partial charge is 0.306 e. The summed E-state index contributed by atoms with van der Waals surface area (Å²) in [4.78, 5) is 38.3. The zero-order valence-electron chi connectivity index (χ0n) is 53.6. The van der Waals surface area contributed by atoms with Gasteiger partial charge in [-0.3, -0.25) is 14.4 Å². The van der Waals surface area contributed by atoms with E-state index in [0.29, 0.717) is 19.3 Å². The normalized spacial score (nSPS) is 12.4. The molecular formula is C74H134O6. The van der Waals surface area contributed by atoms with Gasteiger partial charge in [0.15, 0.2) is 6.10 Å². The molecule has 0 fully saturated rings. The minimum absolute atomic E-state index is 0.0707. The Morgan fingerprint density at radius 3 is 0.700 bits per heavy atom. The Hall–Kier alpha value is -2.89. The molecule has 0 heterocycles. The molecule has 0 aliphatic rings. The van der Waals surface area contributed by atoms with Crippen LogP contribution in [0, 0.1) is 0 Å². The Morgan fingerprint density at radius 2 is 0.450 bits per heavy atom. The topological polar surface area (TPSA) is 78.9 Å². The first-order chi connectivity index (χ1) is 39.5. The van der Waals surface area contributed by atoms with Crippen molar-refractivity contribution in [1.29, 1.82) is 0 Å². The first kappa shape index (κ1) is 77.1. The molecule has 0 saturated carbocycles. The van der Waals surface area contributed by atoms with Crippen LogP contribution in [0.5, 0.6) is 0 Å². The summed E-state index contributed by atoms with van der Waals surface area (Å²) in [6.07, 6.45) is 88.2. The molecule has 0 N–H and O–H groups in total. The third-order valence-electron chi connectivity index (χ3n) is 15.7. The lowest BCUT2D eigenvalue weighted by molar-refractivity contribution is -0.167. The minimum Gasteiger partial charge on any atom is -0.462 e. The highest BCUT2D eigenvalue weighted by atomic mass is 16.6. The molecule has 0 aliphatic heterocycles. The van der Waals surface area contributed by atoms with E-state index in [0.717, 1.165) is 77.0 Å². The van der Waals surface area contributed by atoms with Crippen LogP contribution in [0.25, 0.3) is 0 Å². The maximum absolute atomic E-state index is 12.9. The molecule has 1 unspecified atom stereocenters. The summed E-state index contributed by atoms with van der Waals surface area (Å²) in [5.41, 5.74) is 0. The summed E-state index contributed by atoms with van der Waals surface area (Å²) in [5, 5.41) is 0. The lowest BCUT2D eigenvalue weighted by Crippen LogP contribution is -2.30. The Bertz CT molecular complexity index is 1430. The number of rotatable bonds is 65. The minimum atomic E-state index is -0.774. The van der Waals surface area contributed by atoms with E-state index in [1.807, 2.05) is 0 Å². The number of unbranched alkanes of at least 4 members (excludes halogenated alkanes) is 44. The van der Waals surface area contributed by atoms with Crippen LogP contribution in [0.3, 0.4) is 0 Å². The lowest BCUT2D eigenvalue weighted by Gasteiger charge is -2.18. The number of ether oxygens (including phenoxy) is 3. The van der Waals surface area contributed by atoms with Crippen LogP contribution in [-0.4, -0.2) is 37.2 Å². The average molecular weight is 1120 g/mol. The number of hydrogen-bond acceptors (Lipinski definition) is 6. The van der Waals surface area contributed by atoms with Crippen molar-refractivity contribution in [1.82, 2.24) is 0 Å². The number of allylic oxidation sites excluding steroid dienone is 10. The van der Waals surface area contributed by atoms with E-state index in [9.17, 15) is 14.4 Å². The van der Waals surface area contributed by atoms with Gasteiger partial charge in [-0.15, -0.1) is 0 Å². The van der Waals surface area contributed by atoms with Gasteiger partial charge in [0, 0.05) is 19.3 Å². The lowest BCUT2D eigenvalue weighted by atomic mass is 10.0. The van der Waals surface area contributed by atoms with Crippen molar-refractivity contribution in [2.24, 2.45) is 0 Å². The van der Waals surface area contributed by atoms with Crippen LogP contribution in [-0.2, 0) is 28.6 Å². The van der Waals surface area contributed by atoms with Crippen LogP contribution in [0.15, 0.2) is 60.8 Å². The third kappa shape index (κ3) is 65.9. The fourth-order valence-electron chi connectivity index (χ4n) is 10.4. The van der Waals surface area contributed by atoms with Crippen molar-refractivity contribution in [3.05, 3.63) is 60.8 Å². The molecule has 6 nitrogen and oxygen atoms in total. The average Bonchev–Trinajstić information content (AvgIpc) is 3.46. The van der Waals surface area contributed by atoms with Gasteiger partial charge in [-0.05, 0) is 89.9 Å². The number of hydrogen-bond donors (Lipinski definition) is 0. The molecule has 0 radical (unpaired) electrons. The fourth-order valence-corrected chi connectivity index (χ4v) is 10.4. The Morgan fingerprint density at radius 1 is 0.250 bits per heavy atom. The van der Waals surface area contributed by atoms with E-state index in [1.54, 1.807) is 0 Å². The highest BCUT2D eigenvalue weighted by molar-refractivity contribution is 5.71. The van der Waals surface area contributed by atoms with Gasteiger partial charge in [-0.1, -0.05) is 326 Å². The summed E-state index contributed by atoms with van der Waals surface area (Å²) < 4.78 is 17.0. The van der Waals surface area contributed by atoms with E-state index < -0.39 is 6.10 Å². The van der Waals surface area contributed by atoms with Crippen LogP contribution in [0.4, 0.5) is 0 Å². The van der Waals surface area contributed by atoms with Gasteiger partial charge >= 0.3 is 17.9 Å². The van der Waals surface area contributed by atoms with Gasteiger partial charge in [-0.2, -0.15) is 0 Å². The van der Waals surface area contributed by atoms with E-state index in [-0.39, 0.29) is 31.1 Å². The maximum Gasteiger partial charge on any atom is 0.306 e. The van der Waals surface area contributed by atoms with Crippen molar-refractivity contribution >= 4 is 17.9 Å². The molecule has 0 aromatic rings. The molecule has 0 bridgehead atoms. The molecule has 466 valence electrons. The van der Waals surface area contributed by atoms with Crippen molar-refractivity contribution in [3.8, 4) is 0 Å². The zero-order chi connectivity index (χ0) is 57.8. The predicted molar refractivity (Wildman–Crippen MR) is 348 cm³/mol. The molecule has 80 heavy (non-hydrogen) atoms. The summed E-state index contributed by atoms with van der Waals surface area (Å²) in [6, 6.07) is 0. The third-order valence-corrected chi connectivity index (χ3v) is 15.7. The van der Waals surface area contributed by atoms with Crippen molar-refractivity contribution in [2.75, 3.05) is 13.2 Å². The maximum atomic E-state index is 12.9. The molecule has 0 aromatic carbocycles. The van der Waals surface area contributed by atoms with Gasteiger partial charge in [0.05, 0.1) is 0 Å². The molecule has 0 saturated heterocycles. The molecular weight excluding hydrogens is 985 g/mol. The van der Waals surface area contributed by atoms with E-state index in [2.05, 4.69) is 81.5 Å². The summed E-state index contributed by atoms with van der Waals surface area (Å²) >= 11 is 0. The van der Waals surface area contributed by atoms with Gasteiger partial charge in [0.2, 0.25) is 0 Å². The standard InChI is InChI=1S/C74H134O6/c1-4-7-10-13-16-19-22-24-26-28-30-32-34-36-37-39-40-42-44-46-48-50-52-55-58-61-64-67-73(76)79-70-71(69-78-72(75)66-63-60-57-54-21-18-15-12-9-6-3)80-74(77)68-65-62-59-56-53-51-49-47-45-43-41-38-35-33-31-29-27-25-23-20-17-14-11-8-5-2/h22-25,28-31,34,36,71H,4-21,26-27,32-33,35,37-70H2,1-3H3/b24-22-,25-23-,30-28-,31-29-,36-34-. The number of carbonyl (C=O) groups excluding carboxylic acids is 3. The Kier molecular flexibility index (Phi) is 66.1. The predicted octanol–water partition coefficient (Wildman–Crippen LogP) is 24.3. The van der Waals surface area contributed by atoms with Gasteiger partial charge in [0.1, 0.15) is 13.2 Å². The van der Waals surface area contributed by atoms with E-state index in [1.165, 1.54) is 257 Å². The Labute approximate surface area is 498 Å². The molecule has 0 aromatic heterocycles. The summed E-state index contributed by atoms with van der Waals surface area (Å²) in [6.45, 7) is 6.66. The monoisotopic (exact) mass is 1120 g/mol. The van der Waals surface area contributed by atoms with E-state index >= 15 is 0 Å². The Balaban J connectivity index is 4.18. The van der Waals surface area contributed by atoms with Crippen LogP contribution in [0.2, 0.25) is 0 Å². The van der Waals surface area contributed by atoms with Crippen LogP contribution in [0.1, 0.15) is 374 Å². The van der Waals surface area contributed by atoms with Crippen LogP contribution >= 0.6 is 0 Å². The molecule has 0 rings (SSSR count). The van der Waals surface area contributed by atoms with E-state index in [4.69, 9.17) is 14.2 Å². The van der Waals surface area contributed by atoms with Crippen LogP contribution < -0.4 is 0 Å². The first-order valence-electron chi connectivity index (χ1n) is 35.3. The summed E-state index contributed by atoms with van der Waals surface area (Å²) in [7, 11) is 0. The molecule has 0 spiro atoms. The molecule has 1 atom stereocenters. The first-order valence-corrected chi connectivity index (χ1v) is 35.3. The number of carbonyl (C=O) groups is 3. The largest absolute Gasteiger partial charge is 0.462 e.